The molecule has 0 fully saturated rings. The number of nitrogen functional groups attached to an aromatic ring is 1. The summed E-state index contributed by atoms with van der Waals surface area (Å²) in [4.78, 5) is 17.2. The number of nitrogens with two attached hydrogens (primary N) is 1. The van der Waals surface area contributed by atoms with Crippen LogP contribution in [0, 0.1) is 0 Å². The second kappa shape index (κ2) is 5.45. The van der Waals surface area contributed by atoms with Gasteiger partial charge in [-0.05, 0) is 24.6 Å². The highest BCUT2D eigenvalue weighted by atomic mass is 32.2. The monoisotopic (exact) mass is 280 g/mol. The van der Waals surface area contributed by atoms with Crippen molar-refractivity contribution in [2.75, 3.05) is 18.2 Å². The average molecular weight is 280 g/mol. The van der Waals surface area contributed by atoms with Crippen molar-refractivity contribution in [2.45, 2.75) is 10.1 Å². The van der Waals surface area contributed by atoms with Crippen LogP contribution in [-0.4, -0.2) is 33.2 Å². The first kappa shape index (κ1) is 13.0. The van der Waals surface area contributed by atoms with Crippen LogP contribution in [0.25, 0.3) is 0 Å². The summed E-state index contributed by atoms with van der Waals surface area (Å²) >= 11 is 2.85. The fourth-order valence-corrected chi connectivity index (χ4v) is 2.41. The standard InChI is InChI=1S/C11H12N4OS2/c1-17-8-6-4-3-5-7(8)9(16)15-10(12)13-11(14-15)18-2/h3-6H,1-2H3,(H2,12,13,14). The molecule has 0 aliphatic rings. The molecule has 0 radical (unpaired) electrons. The minimum absolute atomic E-state index is 0.111. The van der Waals surface area contributed by atoms with E-state index in [9.17, 15) is 4.79 Å². The Morgan fingerprint density at radius 1 is 1.28 bits per heavy atom. The van der Waals surface area contributed by atoms with Crippen molar-refractivity contribution < 1.29 is 4.79 Å². The molecule has 0 amide bonds. The molecule has 0 atom stereocenters. The zero-order valence-corrected chi connectivity index (χ0v) is 11.6. The van der Waals surface area contributed by atoms with Gasteiger partial charge in [0.05, 0.1) is 5.56 Å². The summed E-state index contributed by atoms with van der Waals surface area (Å²) in [5, 5.41) is 4.55. The van der Waals surface area contributed by atoms with Crippen LogP contribution in [0.4, 0.5) is 5.95 Å². The summed E-state index contributed by atoms with van der Waals surface area (Å²) in [6, 6.07) is 7.35. The van der Waals surface area contributed by atoms with Crippen LogP contribution in [0.5, 0.6) is 0 Å². The van der Waals surface area contributed by atoms with E-state index in [2.05, 4.69) is 10.1 Å². The molecular formula is C11H12N4OS2. The van der Waals surface area contributed by atoms with Gasteiger partial charge in [0, 0.05) is 4.90 Å². The molecule has 1 aromatic heterocycles. The zero-order valence-electron chi connectivity index (χ0n) is 9.95. The highest BCUT2D eigenvalue weighted by molar-refractivity contribution is 7.98. The number of thioether (sulfide) groups is 2. The second-order valence-corrected chi connectivity index (χ2v) is 5.00. The van der Waals surface area contributed by atoms with E-state index >= 15 is 0 Å². The Kier molecular flexibility index (Phi) is 3.93. The van der Waals surface area contributed by atoms with Crippen LogP contribution in [0.15, 0.2) is 34.3 Å². The molecule has 18 heavy (non-hydrogen) atoms. The Morgan fingerprint density at radius 3 is 2.61 bits per heavy atom. The van der Waals surface area contributed by atoms with Gasteiger partial charge in [0.25, 0.3) is 5.91 Å². The van der Waals surface area contributed by atoms with Gasteiger partial charge in [-0.2, -0.15) is 9.67 Å². The first-order valence-corrected chi connectivity index (χ1v) is 7.56. The molecule has 2 N–H and O–H groups in total. The van der Waals surface area contributed by atoms with Gasteiger partial charge in [-0.15, -0.1) is 16.9 Å². The van der Waals surface area contributed by atoms with Crippen LogP contribution >= 0.6 is 23.5 Å². The third-order valence-electron chi connectivity index (χ3n) is 2.33. The normalized spacial score (nSPS) is 10.6. The van der Waals surface area contributed by atoms with E-state index in [1.807, 2.05) is 30.7 Å². The Bertz CT molecular complexity index is 582. The van der Waals surface area contributed by atoms with Gasteiger partial charge < -0.3 is 5.73 Å². The molecule has 0 unspecified atom stereocenters. The minimum Gasteiger partial charge on any atom is -0.368 e. The van der Waals surface area contributed by atoms with Crippen molar-refractivity contribution in [3.63, 3.8) is 0 Å². The highest BCUT2D eigenvalue weighted by Crippen LogP contribution is 2.22. The van der Waals surface area contributed by atoms with Crippen LogP contribution in [-0.2, 0) is 0 Å². The molecule has 0 saturated heterocycles. The van der Waals surface area contributed by atoms with Gasteiger partial charge in [0.15, 0.2) is 0 Å². The largest absolute Gasteiger partial charge is 0.368 e. The molecular weight excluding hydrogens is 268 g/mol. The third-order valence-corrected chi connectivity index (χ3v) is 3.66. The Morgan fingerprint density at radius 2 is 2.00 bits per heavy atom. The van der Waals surface area contributed by atoms with Crippen LogP contribution in [0.2, 0.25) is 0 Å². The van der Waals surface area contributed by atoms with E-state index in [1.54, 1.807) is 6.07 Å². The maximum absolute atomic E-state index is 12.3. The fraction of sp³-hybridized carbons (Fsp3) is 0.182. The van der Waals surface area contributed by atoms with Crippen molar-refractivity contribution in [3.8, 4) is 0 Å². The van der Waals surface area contributed by atoms with E-state index in [-0.39, 0.29) is 11.9 Å². The summed E-state index contributed by atoms with van der Waals surface area (Å²) in [5.41, 5.74) is 6.27. The van der Waals surface area contributed by atoms with Crippen molar-refractivity contribution in [3.05, 3.63) is 29.8 Å². The minimum atomic E-state index is -0.259. The van der Waals surface area contributed by atoms with Gasteiger partial charge >= 0.3 is 0 Å². The van der Waals surface area contributed by atoms with Gasteiger partial charge in [-0.1, -0.05) is 23.9 Å². The molecule has 5 nitrogen and oxygen atoms in total. The van der Waals surface area contributed by atoms with Crippen LogP contribution in [0.1, 0.15) is 10.4 Å². The SMILES string of the molecule is CSc1nc(N)n(C(=O)c2ccccc2SC)n1. The maximum Gasteiger partial charge on any atom is 0.282 e. The molecule has 94 valence electrons. The number of carbonyl (C=O) groups is 1. The van der Waals surface area contributed by atoms with Crippen LogP contribution < -0.4 is 5.73 Å². The molecule has 0 bridgehead atoms. The molecule has 0 spiro atoms. The lowest BCUT2D eigenvalue weighted by Crippen LogP contribution is -2.17. The second-order valence-electron chi connectivity index (χ2n) is 3.37. The molecule has 1 heterocycles. The van der Waals surface area contributed by atoms with Crippen molar-refractivity contribution in [1.29, 1.82) is 0 Å². The number of benzene rings is 1. The van der Waals surface area contributed by atoms with Crippen LogP contribution in [0.3, 0.4) is 0 Å². The summed E-state index contributed by atoms with van der Waals surface area (Å²) in [5.74, 6) is -0.148. The van der Waals surface area contributed by atoms with Crippen molar-refractivity contribution in [1.82, 2.24) is 14.8 Å². The molecule has 0 saturated carbocycles. The van der Waals surface area contributed by atoms with E-state index in [1.165, 1.54) is 23.5 Å². The van der Waals surface area contributed by atoms with Gasteiger partial charge in [0.2, 0.25) is 11.1 Å². The van der Waals surface area contributed by atoms with Gasteiger partial charge in [-0.3, -0.25) is 4.79 Å². The Labute approximate surface area is 113 Å². The third kappa shape index (κ3) is 2.37. The van der Waals surface area contributed by atoms with Crippen molar-refractivity contribution >= 4 is 35.4 Å². The first-order valence-electron chi connectivity index (χ1n) is 5.11. The molecule has 2 aromatic rings. The van der Waals surface area contributed by atoms with E-state index in [4.69, 9.17) is 5.73 Å². The number of hydrogen-bond acceptors (Lipinski definition) is 6. The molecule has 7 heteroatoms. The van der Waals surface area contributed by atoms with E-state index < -0.39 is 0 Å². The summed E-state index contributed by atoms with van der Waals surface area (Å²) in [6.07, 6.45) is 3.75. The number of carbonyl (C=O) groups excluding carboxylic acids is 1. The van der Waals surface area contributed by atoms with Crippen molar-refractivity contribution in [2.24, 2.45) is 0 Å². The topological polar surface area (TPSA) is 73.8 Å². The Hall–Kier alpha value is -1.47. The quantitative estimate of drug-likeness (QED) is 0.867. The smallest absolute Gasteiger partial charge is 0.282 e. The summed E-state index contributed by atoms with van der Waals surface area (Å²) in [7, 11) is 0. The predicted molar refractivity (Wildman–Crippen MR) is 74.2 cm³/mol. The Balaban J connectivity index is 2.44. The van der Waals surface area contributed by atoms with Gasteiger partial charge in [0.1, 0.15) is 0 Å². The van der Waals surface area contributed by atoms with E-state index in [0.29, 0.717) is 10.7 Å². The molecule has 1 aromatic carbocycles. The fourth-order valence-electron chi connectivity index (χ4n) is 1.48. The number of anilines is 1. The van der Waals surface area contributed by atoms with Gasteiger partial charge in [-0.25, -0.2) is 0 Å². The lowest BCUT2D eigenvalue weighted by atomic mass is 10.2. The molecule has 0 aliphatic carbocycles. The number of hydrogen-bond donors (Lipinski definition) is 1. The average Bonchev–Trinajstić information content (AvgIpc) is 2.79. The molecule has 0 aliphatic heterocycles. The predicted octanol–water partition coefficient (Wildman–Crippen LogP) is 1.99. The zero-order chi connectivity index (χ0) is 13.1. The van der Waals surface area contributed by atoms with E-state index in [0.717, 1.165) is 9.58 Å². The number of rotatable bonds is 3. The lowest BCUT2D eigenvalue weighted by Gasteiger charge is -2.05. The lowest BCUT2D eigenvalue weighted by molar-refractivity contribution is 0.0943. The number of nitrogens with zero attached hydrogens (tertiary/aromatic N) is 3. The highest BCUT2D eigenvalue weighted by Gasteiger charge is 2.17. The number of aromatic nitrogens is 3. The first-order chi connectivity index (χ1) is 8.67. The molecule has 2 rings (SSSR count). The summed E-state index contributed by atoms with van der Waals surface area (Å²) < 4.78 is 1.14. The summed E-state index contributed by atoms with van der Waals surface area (Å²) in [6.45, 7) is 0. The maximum atomic E-state index is 12.3.